The fourth-order valence-corrected chi connectivity index (χ4v) is 2.63. The van der Waals surface area contributed by atoms with E-state index in [2.05, 4.69) is 31.9 Å². The fraction of sp³-hybridized carbons (Fsp3) is 0.375. The number of aliphatic hydroxyl groups is 1. The molecule has 0 aromatic rings. The highest BCUT2D eigenvalue weighted by Crippen LogP contribution is 2.36. The topological polar surface area (TPSA) is 37.3 Å². The minimum Gasteiger partial charge on any atom is -0.381 e. The molecule has 15 heavy (non-hydrogen) atoms. The maximum atomic E-state index is 12.1. The molecule has 0 fully saturated rings. The summed E-state index contributed by atoms with van der Waals surface area (Å²) in [5.41, 5.74) is -2.18. The van der Waals surface area contributed by atoms with Crippen molar-refractivity contribution in [1.82, 2.24) is 0 Å². The summed E-state index contributed by atoms with van der Waals surface area (Å²) in [4.78, 5) is 11.2. The van der Waals surface area contributed by atoms with Crippen LogP contribution < -0.4 is 0 Å². The van der Waals surface area contributed by atoms with Gasteiger partial charge in [-0.2, -0.15) is 13.2 Å². The molecule has 0 spiro atoms. The molecule has 1 aliphatic rings. The first-order chi connectivity index (χ1) is 6.63. The normalized spacial score (nSPS) is 21.1. The fourth-order valence-electron chi connectivity index (χ4n) is 1.15. The molecule has 0 bridgehead atoms. The van der Waals surface area contributed by atoms with Gasteiger partial charge >= 0.3 is 6.18 Å². The first kappa shape index (κ1) is 12.9. The van der Waals surface area contributed by atoms with Crippen LogP contribution in [0.3, 0.4) is 0 Å². The Bertz CT molecular complexity index is 335. The van der Waals surface area contributed by atoms with Crippen molar-refractivity contribution in [2.75, 3.05) is 0 Å². The van der Waals surface area contributed by atoms with Crippen molar-refractivity contribution in [2.45, 2.75) is 18.2 Å². The molecule has 0 heterocycles. The molecule has 0 saturated heterocycles. The van der Waals surface area contributed by atoms with Crippen LogP contribution in [0.25, 0.3) is 0 Å². The monoisotopic (exact) mass is 348 g/mol. The lowest BCUT2D eigenvalue weighted by atomic mass is 9.94. The van der Waals surface area contributed by atoms with Crippen molar-refractivity contribution >= 4 is 37.6 Å². The molecule has 7 heteroatoms. The molecule has 0 unspecified atom stereocenters. The highest BCUT2D eigenvalue weighted by molar-refractivity contribution is 9.13. The van der Waals surface area contributed by atoms with Crippen LogP contribution in [0.2, 0.25) is 0 Å². The average Bonchev–Trinajstić information content (AvgIpc) is 1.95. The maximum absolute atomic E-state index is 12.1. The van der Waals surface area contributed by atoms with Crippen molar-refractivity contribution in [3.63, 3.8) is 0 Å². The van der Waals surface area contributed by atoms with Crippen LogP contribution in [-0.4, -0.2) is 22.7 Å². The summed E-state index contributed by atoms with van der Waals surface area (Å²) in [6.45, 7) is 0. The van der Waals surface area contributed by atoms with Gasteiger partial charge in [-0.25, -0.2) is 0 Å². The second kappa shape index (κ2) is 4.03. The molecular weight excluding hydrogens is 345 g/mol. The Labute approximate surface area is 100 Å². The van der Waals surface area contributed by atoms with E-state index in [-0.39, 0.29) is 8.96 Å². The summed E-state index contributed by atoms with van der Waals surface area (Å²) in [6, 6.07) is 0. The summed E-state index contributed by atoms with van der Waals surface area (Å²) in [7, 11) is 0. The molecule has 1 aliphatic carbocycles. The number of carbonyl (C=O) groups is 1. The van der Waals surface area contributed by atoms with Crippen LogP contribution in [0.1, 0.15) is 6.42 Å². The average molecular weight is 350 g/mol. The van der Waals surface area contributed by atoms with Gasteiger partial charge in [0.05, 0.1) is 15.4 Å². The highest BCUT2D eigenvalue weighted by Gasteiger charge is 2.41. The first-order valence-corrected chi connectivity index (χ1v) is 5.32. The summed E-state index contributed by atoms with van der Waals surface area (Å²) >= 11 is 5.58. The number of hydrogen-bond donors (Lipinski definition) is 1. The Morgan fingerprint density at radius 3 is 2.00 bits per heavy atom. The third kappa shape index (κ3) is 3.42. The number of Topliss-reactive ketones (excluding diaryl/α,β-unsaturated/α-hetero) is 1. The number of halogens is 5. The molecule has 0 aromatic carbocycles. The first-order valence-electron chi connectivity index (χ1n) is 3.73. The molecule has 0 saturated carbocycles. The smallest absolute Gasteiger partial charge is 0.381 e. The van der Waals surface area contributed by atoms with E-state index in [1.807, 2.05) is 0 Å². The Balaban J connectivity index is 3.01. The molecule has 0 atom stereocenters. The lowest BCUT2D eigenvalue weighted by Gasteiger charge is -2.25. The summed E-state index contributed by atoms with van der Waals surface area (Å²) in [6.07, 6.45) is -4.26. The van der Waals surface area contributed by atoms with E-state index in [0.29, 0.717) is 0 Å². The van der Waals surface area contributed by atoms with Gasteiger partial charge in [0.2, 0.25) is 5.78 Å². The van der Waals surface area contributed by atoms with Gasteiger partial charge in [-0.1, -0.05) is 0 Å². The van der Waals surface area contributed by atoms with Crippen molar-refractivity contribution in [2.24, 2.45) is 0 Å². The maximum Gasteiger partial charge on any atom is 0.392 e. The number of carbonyl (C=O) groups excluding carboxylic acids is 1. The van der Waals surface area contributed by atoms with Crippen LogP contribution in [0.15, 0.2) is 21.1 Å². The largest absolute Gasteiger partial charge is 0.392 e. The molecule has 1 rings (SSSR count). The lowest BCUT2D eigenvalue weighted by molar-refractivity contribution is -0.159. The third-order valence-electron chi connectivity index (χ3n) is 1.67. The van der Waals surface area contributed by atoms with E-state index in [0.717, 1.165) is 12.2 Å². The second-order valence-corrected chi connectivity index (χ2v) is 4.81. The molecule has 1 N–H and O–H groups in total. The van der Waals surface area contributed by atoms with Gasteiger partial charge in [0, 0.05) is 0 Å². The van der Waals surface area contributed by atoms with Gasteiger partial charge < -0.3 is 5.11 Å². The Hall–Kier alpha value is -0.140. The SMILES string of the molecule is O=C1C(Br)=CC(O)(CC(F)(F)F)C=C1Br. The molecule has 2 nitrogen and oxygen atoms in total. The zero-order valence-corrected chi connectivity index (χ0v) is 10.3. The molecule has 84 valence electrons. The second-order valence-electron chi connectivity index (χ2n) is 3.10. The van der Waals surface area contributed by atoms with E-state index in [4.69, 9.17) is 0 Å². The lowest BCUT2D eigenvalue weighted by Crippen LogP contribution is -2.33. The highest BCUT2D eigenvalue weighted by atomic mass is 79.9. The zero-order chi connectivity index (χ0) is 11.9. The summed E-state index contributed by atoms with van der Waals surface area (Å²) < 4.78 is 36.1. The number of rotatable bonds is 1. The van der Waals surface area contributed by atoms with E-state index in [1.165, 1.54) is 0 Å². The summed E-state index contributed by atoms with van der Waals surface area (Å²) in [5, 5.41) is 9.58. The van der Waals surface area contributed by atoms with Crippen molar-refractivity contribution < 1.29 is 23.1 Å². The number of allylic oxidation sites excluding steroid dienone is 2. The van der Waals surface area contributed by atoms with Gasteiger partial charge in [-0.05, 0) is 44.0 Å². The van der Waals surface area contributed by atoms with Gasteiger partial charge in [-0.15, -0.1) is 0 Å². The number of alkyl halides is 3. The molecule has 0 radical (unpaired) electrons. The van der Waals surface area contributed by atoms with Crippen molar-refractivity contribution in [3.05, 3.63) is 21.1 Å². The number of ketones is 1. The van der Waals surface area contributed by atoms with Crippen LogP contribution in [0.5, 0.6) is 0 Å². The third-order valence-corrected chi connectivity index (χ3v) is 2.85. The quantitative estimate of drug-likeness (QED) is 0.790. The Kier molecular flexibility index (Phi) is 3.47. The van der Waals surface area contributed by atoms with Crippen molar-refractivity contribution in [3.8, 4) is 0 Å². The number of hydrogen-bond acceptors (Lipinski definition) is 2. The van der Waals surface area contributed by atoms with Crippen LogP contribution in [0, 0.1) is 0 Å². The zero-order valence-electron chi connectivity index (χ0n) is 7.11. The Morgan fingerprint density at radius 1 is 1.27 bits per heavy atom. The van der Waals surface area contributed by atoms with E-state index in [1.54, 1.807) is 0 Å². The van der Waals surface area contributed by atoms with Crippen molar-refractivity contribution in [1.29, 1.82) is 0 Å². The van der Waals surface area contributed by atoms with E-state index < -0.39 is 24.0 Å². The molecular formula is C8H5Br2F3O2. The van der Waals surface area contributed by atoms with Gasteiger partial charge in [0.1, 0.15) is 5.60 Å². The summed E-state index contributed by atoms with van der Waals surface area (Å²) in [5.74, 6) is -0.498. The van der Waals surface area contributed by atoms with Crippen LogP contribution >= 0.6 is 31.9 Å². The van der Waals surface area contributed by atoms with Crippen LogP contribution in [0.4, 0.5) is 13.2 Å². The van der Waals surface area contributed by atoms with Gasteiger partial charge in [-0.3, -0.25) is 4.79 Å². The minimum absolute atomic E-state index is 0.0939. The van der Waals surface area contributed by atoms with Crippen LogP contribution in [-0.2, 0) is 4.79 Å². The predicted molar refractivity (Wildman–Crippen MR) is 54.6 cm³/mol. The minimum atomic E-state index is -4.51. The van der Waals surface area contributed by atoms with Gasteiger partial charge in [0.15, 0.2) is 0 Å². The van der Waals surface area contributed by atoms with E-state index >= 15 is 0 Å². The van der Waals surface area contributed by atoms with Gasteiger partial charge in [0.25, 0.3) is 0 Å². The standard InChI is InChI=1S/C8H5Br2F3O2/c9-4-1-7(15,3-8(11,12)13)2-5(10)6(4)14/h1-2,15H,3H2. The molecule has 0 amide bonds. The molecule has 0 aromatic heterocycles. The molecule has 0 aliphatic heterocycles. The predicted octanol–water partition coefficient (Wildman–Crippen LogP) is 2.81. The van der Waals surface area contributed by atoms with E-state index in [9.17, 15) is 23.1 Å². The Morgan fingerprint density at radius 2 is 1.67 bits per heavy atom.